The van der Waals surface area contributed by atoms with Crippen LogP contribution in [-0.2, 0) is 19.1 Å². The third-order valence-corrected chi connectivity index (χ3v) is 1.68. The molecule has 0 aliphatic rings. The predicted octanol–water partition coefficient (Wildman–Crippen LogP) is 1.42. The first-order chi connectivity index (χ1) is 7.32. The van der Waals surface area contributed by atoms with Gasteiger partial charge < -0.3 is 15.2 Å². The van der Waals surface area contributed by atoms with Gasteiger partial charge in [-0.3, -0.25) is 9.59 Å². The Kier molecular flexibility index (Phi) is 10.1. The highest BCUT2D eigenvalue weighted by Crippen LogP contribution is 2.02. The molecule has 0 heterocycles. The van der Waals surface area contributed by atoms with Crippen molar-refractivity contribution in [2.24, 2.45) is 5.73 Å². The van der Waals surface area contributed by atoms with Crippen molar-refractivity contribution < 1.29 is 19.1 Å². The quantitative estimate of drug-likeness (QED) is 0.737. The molecule has 0 radical (unpaired) electrons. The van der Waals surface area contributed by atoms with Crippen molar-refractivity contribution in [2.75, 3.05) is 0 Å². The fourth-order valence-corrected chi connectivity index (χ4v) is 1.03. The van der Waals surface area contributed by atoms with Crippen molar-refractivity contribution in [2.45, 2.75) is 58.8 Å². The molecule has 1 atom stereocenters. The molecule has 0 aromatic carbocycles. The van der Waals surface area contributed by atoms with Crippen LogP contribution in [0.3, 0.4) is 0 Å². The number of halogens is 1. The summed E-state index contributed by atoms with van der Waals surface area (Å²) in [4.78, 5) is 22.5. The second-order valence-corrected chi connectivity index (χ2v) is 4.17. The fraction of sp³-hybridized carbons (Fsp3) is 0.818. The number of ether oxygens (including phenoxy) is 2. The molecule has 0 aliphatic heterocycles. The maximum atomic E-state index is 11.3. The Morgan fingerprint density at radius 2 is 1.53 bits per heavy atom. The number of rotatable bonds is 6. The van der Waals surface area contributed by atoms with Gasteiger partial charge in [0.1, 0.15) is 6.04 Å². The molecule has 0 unspecified atom stereocenters. The smallest absolute Gasteiger partial charge is 0.323 e. The lowest BCUT2D eigenvalue weighted by Crippen LogP contribution is -2.34. The normalized spacial score (nSPS) is 11.9. The summed E-state index contributed by atoms with van der Waals surface area (Å²) < 4.78 is 9.82. The minimum Gasteiger partial charge on any atom is -0.463 e. The lowest BCUT2D eigenvalue weighted by molar-refractivity contribution is -0.150. The average molecular weight is 268 g/mol. The van der Waals surface area contributed by atoms with E-state index in [1.165, 1.54) is 0 Å². The van der Waals surface area contributed by atoms with Crippen molar-refractivity contribution in [1.29, 1.82) is 0 Å². The van der Waals surface area contributed by atoms with E-state index in [1.54, 1.807) is 27.7 Å². The molecule has 0 saturated heterocycles. The Morgan fingerprint density at radius 1 is 1.06 bits per heavy atom. The summed E-state index contributed by atoms with van der Waals surface area (Å²) >= 11 is 0. The van der Waals surface area contributed by atoms with E-state index in [9.17, 15) is 9.59 Å². The summed E-state index contributed by atoms with van der Waals surface area (Å²) in [6.45, 7) is 7.03. The summed E-state index contributed by atoms with van der Waals surface area (Å²) in [7, 11) is 0. The number of carbonyl (C=O) groups is 2. The van der Waals surface area contributed by atoms with Crippen LogP contribution in [0.5, 0.6) is 0 Å². The summed E-state index contributed by atoms with van der Waals surface area (Å²) in [6.07, 6.45) is 0.0383. The van der Waals surface area contributed by atoms with Crippen LogP contribution in [0.25, 0.3) is 0 Å². The topological polar surface area (TPSA) is 78.6 Å². The van der Waals surface area contributed by atoms with Gasteiger partial charge >= 0.3 is 11.9 Å². The van der Waals surface area contributed by atoms with Gasteiger partial charge in [-0.1, -0.05) is 0 Å². The second-order valence-electron chi connectivity index (χ2n) is 4.17. The molecule has 0 rings (SSSR count). The first kappa shape index (κ1) is 18.6. The summed E-state index contributed by atoms with van der Waals surface area (Å²) in [5.41, 5.74) is 5.56. The van der Waals surface area contributed by atoms with Crippen LogP contribution in [0.4, 0.5) is 0 Å². The Morgan fingerprint density at radius 3 is 1.94 bits per heavy atom. The maximum absolute atomic E-state index is 11.3. The molecule has 5 nitrogen and oxygen atoms in total. The summed E-state index contributed by atoms with van der Waals surface area (Å²) in [6, 6.07) is -0.762. The van der Waals surface area contributed by atoms with Crippen LogP contribution in [0, 0.1) is 0 Å². The Labute approximate surface area is 108 Å². The first-order valence-electron chi connectivity index (χ1n) is 5.48. The third-order valence-electron chi connectivity index (χ3n) is 1.68. The van der Waals surface area contributed by atoms with Crippen LogP contribution in [-0.4, -0.2) is 30.2 Å². The molecule has 0 aliphatic carbocycles. The van der Waals surface area contributed by atoms with E-state index in [4.69, 9.17) is 15.2 Å². The van der Waals surface area contributed by atoms with E-state index < -0.39 is 12.0 Å². The monoisotopic (exact) mass is 267 g/mol. The molecule has 0 amide bonds. The van der Waals surface area contributed by atoms with Crippen LogP contribution < -0.4 is 5.73 Å². The van der Waals surface area contributed by atoms with E-state index >= 15 is 0 Å². The molecule has 0 fully saturated rings. The zero-order valence-electron chi connectivity index (χ0n) is 10.8. The first-order valence-corrected chi connectivity index (χ1v) is 5.48. The Balaban J connectivity index is 0. The molecule has 102 valence electrons. The fourth-order valence-electron chi connectivity index (χ4n) is 1.03. The molecule has 0 bridgehead atoms. The SMILES string of the molecule is CC(C)OC(=O)CC[C@H](N)C(=O)OC(C)C.Cl. The molecule has 2 N–H and O–H groups in total. The van der Waals surface area contributed by atoms with Gasteiger partial charge in [-0.15, -0.1) is 12.4 Å². The van der Waals surface area contributed by atoms with Gasteiger partial charge in [-0.05, 0) is 34.1 Å². The standard InChI is InChI=1S/C11H21NO4.ClH/c1-7(2)15-10(13)6-5-9(12)11(14)16-8(3)4;/h7-9H,5-6,12H2,1-4H3;1H/t9-;/m0./s1. The van der Waals surface area contributed by atoms with Gasteiger partial charge in [0.25, 0.3) is 0 Å². The predicted molar refractivity (Wildman–Crippen MR) is 66.9 cm³/mol. The highest BCUT2D eigenvalue weighted by Gasteiger charge is 2.18. The van der Waals surface area contributed by atoms with Crippen molar-refractivity contribution >= 4 is 24.3 Å². The van der Waals surface area contributed by atoms with Gasteiger partial charge in [-0.25, -0.2) is 0 Å². The van der Waals surface area contributed by atoms with Crippen molar-refractivity contribution in [3.63, 3.8) is 0 Å². The van der Waals surface area contributed by atoms with E-state index in [-0.39, 0.29) is 43.4 Å². The molecular weight excluding hydrogens is 246 g/mol. The number of nitrogens with two attached hydrogens (primary N) is 1. The van der Waals surface area contributed by atoms with Crippen molar-refractivity contribution in [1.82, 2.24) is 0 Å². The molecular formula is C11H22ClNO4. The third kappa shape index (κ3) is 10.1. The zero-order valence-corrected chi connectivity index (χ0v) is 11.6. The summed E-state index contributed by atoms with van der Waals surface area (Å²) in [5, 5.41) is 0. The van der Waals surface area contributed by atoms with Crippen LogP contribution in [0.1, 0.15) is 40.5 Å². The zero-order chi connectivity index (χ0) is 12.7. The lowest BCUT2D eigenvalue weighted by Gasteiger charge is -2.14. The van der Waals surface area contributed by atoms with E-state index in [0.29, 0.717) is 0 Å². The van der Waals surface area contributed by atoms with Gasteiger partial charge in [0.2, 0.25) is 0 Å². The highest BCUT2D eigenvalue weighted by atomic mass is 35.5. The molecule has 0 aromatic heterocycles. The number of carbonyl (C=O) groups excluding carboxylic acids is 2. The van der Waals surface area contributed by atoms with E-state index in [0.717, 1.165) is 0 Å². The number of hydrogen-bond donors (Lipinski definition) is 1. The van der Waals surface area contributed by atoms with Crippen LogP contribution in [0.2, 0.25) is 0 Å². The number of esters is 2. The molecule has 0 aromatic rings. The second kappa shape index (κ2) is 9.24. The van der Waals surface area contributed by atoms with E-state index in [1.807, 2.05) is 0 Å². The minimum atomic E-state index is -0.762. The van der Waals surface area contributed by atoms with Gasteiger partial charge in [0, 0.05) is 6.42 Å². The Hall–Kier alpha value is -0.810. The van der Waals surface area contributed by atoms with Gasteiger partial charge in [0.05, 0.1) is 12.2 Å². The largest absolute Gasteiger partial charge is 0.463 e. The van der Waals surface area contributed by atoms with Gasteiger partial charge in [-0.2, -0.15) is 0 Å². The lowest BCUT2D eigenvalue weighted by atomic mass is 10.2. The molecule has 0 spiro atoms. The maximum Gasteiger partial charge on any atom is 0.323 e. The highest BCUT2D eigenvalue weighted by molar-refractivity contribution is 5.85. The average Bonchev–Trinajstić information content (AvgIpc) is 2.11. The molecule has 0 saturated carbocycles. The van der Waals surface area contributed by atoms with Crippen molar-refractivity contribution in [3.05, 3.63) is 0 Å². The van der Waals surface area contributed by atoms with Crippen molar-refractivity contribution in [3.8, 4) is 0 Å². The van der Waals surface area contributed by atoms with Crippen LogP contribution in [0.15, 0.2) is 0 Å². The molecule has 6 heteroatoms. The van der Waals surface area contributed by atoms with E-state index in [2.05, 4.69) is 0 Å². The Bertz CT molecular complexity index is 244. The summed E-state index contributed by atoms with van der Waals surface area (Å²) in [5.74, 6) is -0.824. The van der Waals surface area contributed by atoms with Gasteiger partial charge in [0.15, 0.2) is 0 Å². The molecule has 17 heavy (non-hydrogen) atoms. The number of hydrogen-bond acceptors (Lipinski definition) is 5. The van der Waals surface area contributed by atoms with Crippen LogP contribution >= 0.6 is 12.4 Å². The minimum absolute atomic E-state index is 0.